The smallest absolute Gasteiger partial charge is 0.128 e. The highest BCUT2D eigenvalue weighted by Gasteiger charge is 2.31. The largest absolute Gasteiger partial charge is 0.493 e. The van der Waals surface area contributed by atoms with Crippen LogP contribution in [0.1, 0.15) is 42.5 Å². The maximum absolute atomic E-state index is 11.1. The van der Waals surface area contributed by atoms with Crippen molar-refractivity contribution in [3.8, 4) is 5.75 Å². The molecule has 1 atom stereocenters. The van der Waals surface area contributed by atoms with Crippen LogP contribution in [0.15, 0.2) is 42.5 Å². The Hall–Kier alpha value is -1.80. The summed E-state index contributed by atoms with van der Waals surface area (Å²) < 4.78 is 5.85. The lowest BCUT2D eigenvalue weighted by molar-refractivity contribution is 0.0968. The van der Waals surface area contributed by atoms with Crippen molar-refractivity contribution >= 4 is 0 Å². The highest BCUT2D eigenvalue weighted by atomic mass is 16.5. The van der Waals surface area contributed by atoms with E-state index >= 15 is 0 Å². The van der Waals surface area contributed by atoms with Gasteiger partial charge >= 0.3 is 0 Å². The fourth-order valence-electron chi connectivity index (χ4n) is 2.99. The molecular weight excluding hydrogens is 260 g/mol. The third-order valence-electron chi connectivity index (χ3n) is 4.38. The number of rotatable bonds is 3. The Balaban J connectivity index is 2.04. The third-order valence-corrected chi connectivity index (χ3v) is 4.38. The summed E-state index contributed by atoms with van der Waals surface area (Å²) in [5.41, 5.74) is 3.21. The van der Waals surface area contributed by atoms with E-state index < -0.39 is 5.60 Å². The van der Waals surface area contributed by atoms with Gasteiger partial charge in [0.1, 0.15) is 11.4 Å². The molecule has 0 aliphatic carbocycles. The molecule has 1 aliphatic heterocycles. The van der Waals surface area contributed by atoms with Crippen molar-refractivity contribution in [3.05, 3.63) is 64.7 Å². The van der Waals surface area contributed by atoms with Gasteiger partial charge < -0.3 is 9.84 Å². The summed E-state index contributed by atoms with van der Waals surface area (Å²) in [6, 6.07) is 14.3. The number of fused-ring (bicyclic) bond motifs is 1. The van der Waals surface area contributed by atoms with Crippen molar-refractivity contribution in [3.63, 3.8) is 0 Å². The molecule has 2 aromatic rings. The van der Waals surface area contributed by atoms with E-state index in [1.807, 2.05) is 31.2 Å². The standard InChI is InChI=1S/C19H22O2/c1-3-14-9-11-16(12-10-14)19(2,20)17-8-4-6-15-7-5-13-21-18(15)17/h4,6,8-12,20H,3,5,7,13H2,1-2H3. The van der Waals surface area contributed by atoms with Gasteiger partial charge in [0.25, 0.3) is 0 Å². The van der Waals surface area contributed by atoms with Gasteiger partial charge in [-0.3, -0.25) is 0 Å². The molecule has 0 amide bonds. The summed E-state index contributed by atoms with van der Waals surface area (Å²) in [5, 5.41) is 11.1. The molecule has 0 aromatic heterocycles. The summed E-state index contributed by atoms with van der Waals surface area (Å²) in [6.45, 7) is 4.71. The van der Waals surface area contributed by atoms with Crippen molar-refractivity contribution in [2.75, 3.05) is 6.61 Å². The topological polar surface area (TPSA) is 29.5 Å². The first kappa shape index (κ1) is 14.2. The lowest BCUT2D eigenvalue weighted by Gasteiger charge is -2.30. The highest BCUT2D eigenvalue weighted by molar-refractivity contribution is 5.49. The maximum atomic E-state index is 11.1. The van der Waals surface area contributed by atoms with E-state index in [0.29, 0.717) is 0 Å². The Kier molecular flexibility index (Phi) is 3.73. The molecule has 1 aliphatic rings. The van der Waals surface area contributed by atoms with Gasteiger partial charge in [0, 0.05) is 5.56 Å². The summed E-state index contributed by atoms with van der Waals surface area (Å²) >= 11 is 0. The number of hydrogen-bond acceptors (Lipinski definition) is 2. The summed E-state index contributed by atoms with van der Waals surface area (Å²) in [7, 11) is 0. The van der Waals surface area contributed by atoms with Crippen LogP contribution in [0.2, 0.25) is 0 Å². The Morgan fingerprint density at radius 1 is 1.14 bits per heavy atom. The number of hydrogen-bond donors (Lipinski definition) is 1. The van der Waals surface area contributed by atoms with E-state index in [2.05, 4.69) is 25.1 Å². The lowest BCUT2D eigenvalue weighted by atomic mass is 9.85. The van der Waals surface area contributed by atoms with E-state index in [1.165, 1.54) is 11.1 Å². The van der Waals surface area contributed by atoms with Gasteiger partial charge in [-0.2, -0.15) is 0 Å². The van der Waals surface area contributed by atoms with E-state index in [1.54, 1.807) is 0 Å². The van der Waals surface area contributed by atoms with Crippen LogP contribution < -0.4 is 4.74 Å². The van der Waals surface area contributed by atoms with Crippen LogP contribution in [0, 0.1) is 0 Å². The molecule has 2 nitrogen and oxygen atoms in total. The lowest BCUT2D eigenvalue weighted by Crippen LogP contribution is -2.25. The predicted octanol–water partition coefficient (Wildman–Crippen LogP) is 3.83. The van der Waals surface area contributed by atoms with E-state index in [-0.39, 0.29) is 0 Å². The molecule has 3 rings (SSSR count). The average Bonchev–Trinajstić information content (AvgIpc) is 2.54. The van der Waals surface area contributed by atoms with Gasteiger partial charge in [-0.1, -0.05) is 49.4 Å². The first-order valence-electron chi connectivity index (χ1n) is 7.70. The molecular formula is C19H22O2. The molecule has 1 N–H and O–H groups in total. The van der Waals surface area contributed by atoms with Crippen LogP contribution in [0.4, 0.5) is 0 Å². The second-order valence-corrected chi connectivity index (χ2v) is 5.87. The van der Waals surface area contributed by atoms with Gasteiger partial charge in [-0.15, -0.1) is 0 Å². The predicted molar refractivity (Wildman–Crippen MR) is 84.8 cm³/mol. The monoisotopic (exact) mass is 282 g/mol. The zero-order valence-corrected chi connectivity index (χ0v) is 12.7. The van der Waals surface area contributed by atoms with Gasteiger partial charge in [-0.25, -0.2) is 0 Å². The van der Waals surface area contributed by atoms with Crippen molar-refractivity contribution in [2.24, 2.45) is 0 Å². The third kappa shape index (κ3) is 2.56. The van der Waals surface area contributed by atoms with Gasteiger partial charge in [0.15, 0.2) is 0 Å². The number of benzene rings is 2. The van der Waals surface area contributed by atoms with Crippen LogP contribution in [0.25, 0.3) is 0 Å². The van der Waals surface area contributed by atoms with Gasteiger partial charge in [-0.05, 0) is 42.9 Å². The number of aryl methyl sites for hydroxylation is 2. The molecule has 1 heterocycles. The highest BCUT2D eigenvalue weighted by Crippen LogP contribution is 2.39. The maximum Gasteiger partial charge on any atom is 0.128 e. The second-order valence-electron chi connectivity index (χ2n) is 5.87. The molecule has 0 saturated heterocycles. The van der Waals surface area contributed by atoms with Gasteiger partial charge in [0.05, 0.1) is 6.61 Å². The van der Waals surface area contributed by atoms with Crippen LogP contribution in [-0.4, -0.2) is 11.7 Å². The fraction of sp³-hybridized carbons (Fsp3) is 0.368. The minimum Gasteiger partial charge on any atom is -0.493 e. The normalized spacial score (nSPS) is 16.7. The summed E-state index contributed by atoms with van der Waals surface area (Å²) in [5.74, 6) is 0.869. The summed E-state index contributed by atoms with van der Waals surface area (Å²) in [4.78, 5) is 0. The number of para-hydroxylation sites is 1. The van der Waals surface area contributed by atoms with Crippen molar-refractivity contribution in [1.29, 1.82) is 0 Å². The van der Waals surface area contributed by atoms with Crippen LogP contribution in [-0.2, 0) is 18.4 Å². The Labute approximate surface area is 126 Å². The van der Waals surface area contributed by atoms with Crippen molar-refractivity contribution in [1.82, 2.24) is 0 Å². The molecule has 0 fully saturated rings. The molecule has 0 spiro atoms. The summed E-state index contributed by atoms with van der Waals surface area (Å²) in [6.07, 6.45) is 3.07. The average molecular weight is 282 g/mol. The Morgan fingerprint density at radius 2 is 1.90 bits per heavy atom. The molecule has 0 saturated carbocycles. The zero-order chi connectivity index (χ0) is 14.9. The van der Waals surface area contributed by atoms with Crippen molar-refractivity contribution in [2.45, 2.75) is 38.7 Å². The molecule has 21 heavy (non-hydrogen) atoms. The second kappa shape index (κ2) is 5.53. The molecule has 2 aromatic carbocycles. The molecule has 1 unspecified atom stereocenters. The van der Waals surface area contributed by atoms with Crippen molar-refractivity contribution < 1.29 is 9.84 Å². The molecule has 0 bridgehead atoms. The fourth-order valence-corrected chi connectivity index (χ4v) is 2.99. The Morgan fingerprint density at radius 3 is 2.62 bits per heavy atom. The van der Waals surface area contributed by atoms with Crippen LogP contribution in [0.5, 0.6) is 5.75 Å². The Bertz CT molecular complexity index is 627. The minimum absolute atomic E-state index is 0.731. The van der Waals surface area contributed by atoms with E-state index in [4.69, 9.17) is 4.74 Å². The first-order valence-corrected chi connectivity index (χ1v) is 7.70. The first-order chi connectivity index (χ1) is 10.1. The van der Waals surface area contributed by atoms with E-state index in [9.17, 15) is 5.11 Å². The van der Waals surface area contributed by atoms with Crippen LogP contribution >= 0.6 is 0 Å². The molecule has 2 heteroatoms. The number of ether oxygens (including phenoxy) is 1. The van der Waals surface area contributed by atoms with Crippen LogP contribution in [0.3, 0.4) is 0 Å². The molecule has 0 radical (unpaired) electrons. The van der Waals surface area contributed by atoms with E-state index in [0.717, 1.165) is 42.7 Å². The van der Waals surface area contributed by atoms with Gasteiger partial charge in [0.2, 0.25) is 0 Å². The zero-order valence-electron chi connectivity index (χ0n) is 12.7. The molecule has 110 valence electrons. The SMILES string of the molecule is CCc1ccc(C(C)(O)c2cccc3c2OCCC3)cc1. The minimum atomic E-state index is -1.03. The quantitative estimate of drug-likeness (QED) is 0.927. The number of aliphatic hydroxyl groups is 1.